The number of aromatic amines is 2. The van der Waals surface area contributed by atoms with Gasteiger partial charge in [-0.1, -0.05) is 6.07 Å². The predicted molar refractivity (Wildman–Crippen MR) is 110 cm³/mol. The van der Waals surface area contributed by atoms with Crippen molar-refractivity contribution in [1.82, 2.24) is 19.9 Å². The van der Waals surface area contributed by atoms with E-state index in [0.717, 1.165) is 12.1 Å². The summed E-state index contributed by atoms with van der Waals surface area (Å²) < 4.78 is 44.8. The average molecular weight is 462 g/mol. The quantitative estimate of drug-likeness (QED) is 0.287. The molecule has 4 aromatic rings. The van der Waals surface area contributed by atoms with Crippen LogP contribution in [0.3, 0.4) is 0 Å². The Morgan fingerprint density at radius 2 is 1.85 bits per heavy atom. The first-order chi connectivity index (χ1) is 15.5. The van der Waals surface area contributed by atoms with Crippen molar-refractivity contribution < 1.29 is 33.2 Å². The summed E-state index contributed by atoms with van der Waals surface area (Å²) in [5, 5.41) is 29.1. The third kappa shape index (κ3) is 4.01. The van der Waals surface area contributed by atoms with Crippen LogP contribution >= 0.6 is 0 Å². The summed E-state index contributed by atoms with van der Waals surface area (Å²) >= 11 is 0. The number of aliphatic hydroxyl groups is 2. The monoisotopic (exact) mass is 462 g/mol. The van der Waals surface area contributed by atoms with Crippen LogP contribution in [0.15, 0.2) is 47.5 Å². The first-order valence-electron chi connectivity index (χ1n) is 9.58. The van der Waals surface area contributed by atoms with Gasteiger partial charge in [0.15, 0.2) is 11.2 Å². The van der Waals surface area contributed by atoms with Gasteiger partial charge in [-0.3, -0.25) is 4.79 Å². The summed E-state index contributed by atoms with van der Waals surface area (Å²) in [7, 11) is 0. The topological polar surface area (TPSA) is 144 Å². The highest BCUT2D eigenvalue weighted by Gasteiger charge is 2.54. The number of benzene rings is 2. The zero-order valence-electron chi connectivity index (χ0n) is 16.9. The van der Waals surface area contributed by atoms with E-state index < -0.39 is 28.8 Å². The van der Waals surface area contributed by atoms with Crippen molar-refractivity contribution in [1.29, 1.82) is 0 Å². The van der Waals surface area contributed by atoms with Crippen LogP contribution in [0.1, 0.15) is 12.5 Å². The number of imidazole rings is 1. The molecule has 0 radical (unpaired) electrons. The maximum Gasteiger partial charge on any atom is 0.447 e. The SMILES string of the molecule is CCOc1cc(-c2cc(O)cc(C(O)(O)C(F)(F)F)c2)ccc1-c1nc2nc[nH]c2c(=O)[nH]1. The van der Waals surface area contributed by atoms with Crippen molar-refractivity contribution in [3.63, 3.8) is 0 Å². The molecule has 0 spiro atoms. The Kier molecular flexibility index (Phi) is 5.34. The average Bonchev–Trinajstić information content (AvgIpc) is 3.22. The smallest absolute Gasteiger partial charge is 0.447 e. The molecule has 2 heterocycles. The zero-order chi connectivity index (χ0) is 24.0. The van der Waals surface area contributed by atoms with Gasteiger partial charge in [0.25, 0.3) is 11.3 Å². The third-order valence-corrected chi connectivity index (χ3v) is 4.88. The Morgan fingerprint density at radius 1 is 1.09 bits per heavy atom. The summed E-state index contributed by atoms with van der Waals surface area (Å²) in [5.41, 5.74) is -0.266. The van der Waals surface area contributed by atoms with Gasteiger partial charge in [-0.25, -0.2) is 9.97 Å². The molecule has 33 heavy (non-hydrogen) atoms. The molecule has 2 aromatic carbocycles. The number of fused-ring (bicyclic) bond motifs is 1. The van der Waals surface area contributed by atoms with Gasteiger partial charge in [-0.2, -0.15) is 13.2 Å². The van der Waals surface area contributed by atoms with Gasteiger partial charge < -0.3 is 30.0 Å². The molecule has 0 aliphatic heterocycles. The molecule has 0 atom stereocenters. The summed E-state index contributed by atoms with van der Waals surface area (Å²) in [4.78, 5) is 25.8. The van der Waals surface area contributed by atoms with Crippen LogP contribution in [0.4, 0.5) is 13.2 Å². The summed E-state index contributed by atoms with van der Waals surface area (Å²) in [6, 6.07) is 7.16. The summed E-state index contributed by atoms with van der Waals surface area (Å²) in [6.45, 7) is 1.94. The number of alkyl halides is 3. The number of H-pyrrole nitrogens is 2. The van der Waals surface area contributed by atoms with Crippen LogP contribution in [0, 0.1) is 0 Å². The molecule has 0 saturated carbocycles. The van der Waals surface area contributed by atoms with Crippen molar-refractivity contribution in [3.05, 3.63) is 58.6 Å². The van der Waals surface area contributed by atoms with Crippen molar-refractivity contribution in [3.8, 4) is 34.0 Å². The molecule has 0 fully saturated rings. The predicted octanol–water partition coefficient (Wildman–Crippen LogP) is 2.78. The summed E-state index contributed by atoms with van der Waals surface area (Å²) in [5.74, 6) is -4.36. The molecular weight excluding hydrogens is 445 g/mol. The van der Waals surface area contributed by atoms with Gasteiger partial charge in [0.1, 0.15) is 17.3 Å². The van der Waals surface area contributed by atoms with Crippen molar-refractivity contribution in [2.24, 2.45) is 0 Å². The van der Waals surface area contributed by atoms with E-state index in [1.54, 1.807) is 6.92 Å². The number of ether oxygens (including phenoxy) is 1. The second-order valence-electron chi connectivity index (χ2n) is 7.10. The van der Waals surface area contributed by atoms with Gasteiger partial charge in [0.2, 0.25) is 0 Å². The van der Waals surface area contributed by atoms with Crippen LogP contribution in [0.5, 0.6) is 11.5 Å². The number of aromatic nitrogens is 4. The van der Waals surface area contributed by atoms with Crippen LogP contribution in [-0.2, 0) is 5.79 Å². The standard InChI is InChI=1S/C21H17F3N4O5/c1-2-33-15-7-10(11-5-12(8-13(29)6-11)20(31,32)21(22,23)24)3-4-14(15)17-27-18-16(19(30)28-17)25-9-26-18/h3-9,29,31-32H,2H2,1H3,(H2,25,26,27,28,30). The van der Waals surface area contributed by atoms with Crippen molar-refractivity contribution in [2.45, 2.75) is 18.9 Å². The fourth-order valence-corrected chi connectivity index (χ4v) is 3.29. The van der Waals surface area contributed by atoms with Gasteiger partial charge in [-0.05, 0) is 48.4 Å². The maximum atomic E-state index is 13.1. The Hall–Kier alpha value is -3.90. The highest BCUT2D eigenvalue weighted by atomic mass is 19.4. The highest BCUT2D eigenvalue weighted by molar-refractivity contribution is 5.77. The molecule has 5 N–H and O–H groups in total. The van der Waals surface area contributed by atoms with Crippen molar-refractivity contribution >= 4 is 11.2 Å². The third-order valence-electron chi connectivity index (χ3n) is 4.88. The number of rotatable bonds is 5. The number of phenolic OH excluding ortho intramolecular Hbond substituents is 1. The van der Waals surface area contributed by atoms with E-state index in [1.165, 1.54) is 24.5 Å². The van der Waals surface area contributed by atoms with E-state index in [4.69, 9.17) is 4.74 Å². The van der Waals surface area contributed by atoms with Crippen LogP contribution in [-0.4, -0.2) is 48.0 Å². The second kappa shape index (κ2) is 7.90. The fourth-order valence-electron chi connectivity index (χ4n) is 3.29. The number of nitrogens with zero attached hydrogens (tertiary/aromatic N) is 2. The van der Waals surface area contributed by atoms with E-state index in [2.05, 4.69) is 19.9 Å². The molecule has 2 aromatic heterocycles. The first kappa shape index (κ1) is 22.3. The normalized spacial score (nSPS) is 12.3. The second-order valence-corrected chi connectivity index (χ2v) is 7.10. The number of halogens is 3. The van der Waals surface area contributed by atoms with E-state index >= 15 is 0 Å². The molecule has 172 valence electrons. The molecule has 9 nitrogen and oxygen atoms in total. The van der Waals surface area contributed by atoms with Crippen molar-refractivity contribution in [2.75, 3.05) is 6.61 Å². The van der Waals surface area contributed by atoms with Crippen LogP contribution in [0.2, 0.25) is 0 Å². The number of hydrogen-bond donors (Lipinski definition) is 5. The number of hydrogen-bond acceptors (Lipinski definition) is 7. The lowest BCUT2D eigenvalue weighted by Crippen LogP contribution is -2.42. The van der Waals surface area contributed by atoms with Crippen LogP contribution < -0.4 is 10.3 Å². The maximum absolute atomic E-state index is 13.1. The Labute approximate surface area is 183 Å². The molecule has 0 aliphatic carbocycles. The summed E-state index contributed by atoms with van der Waals surface area (Å²) in [6.07, 6.45) is -4.06. The van der Waals surface area contributed by atoms with E-state index in [9.17, 15) is 33.3 Å². The highest BCUT2D eigenvalue weighted by Crippen LogP contribution is 2.40. The van der Waals surface area contributed by atoms with Gasteiger partial charge in [-0.15, -0.1) is 0 Å². The lowest BCUT2D eigenvalue weighted by Gasteiger charge is -2.25. The molecule has 0 amide bonds. The largest absolute Gasteiger partial charge is 0.508 e. The Morgan fingerprint density at radius 3 is 2.55 bits per heavy atom. The minimum atomic E-state index is -5.39. The number of phenols is 1. The van der Waals surface area contributed by atoms with E-state index in [-0.39, 0.29) is 34.9 Å². The Balaban J connectivity index is 1.84. The molecule has 0 bridgehead atoms. The molecule has 0 aliphatic rings. The van der Waals surface area contributed by atoms with Crippen LogP contribution in [0.25, 0.3) is 33.7 Å². The number of aromatic hydroxyl groups is 1. The minimum absolute atomic E-state index is 0.0680. The van der Waals surface area contributed by atoms with Gasteiger partial charge in [0.05, 0.1) is 18.5 Å². The lowest BCUT2D eigenvalue weighted by atomic mass is 9.96. The van der Waals surface area contributed by atoms with E-state index in [0.29, 0.717) is 17.2 Å². The molecule has 4 rings (SSSR count). The first-order valence-corrected chi connectivity index (χ1v) is 9.58. The van der Waals surface area contributed by atoms with E-state index in [1.807, 2.05) is 0 Å². The zero-order valence-corrected chi connectivity index (χ0v) is 16.9. The molecule has 0 saturated heterocycles. The minimum Gasteiger partial charge on any atom is -0.508 e. The lowest BCUT2D eigenvalue weighted by molar-refractivity contribution is -0.358. The van der Waals surface area contributed by atoms with Gasteiger partial charge >= 0.3 is 6.18 Å². The Bertz CT molecular complexity index is 1390. The molecule has 0 unspecified atom stereocenters. The fraction of sp³-hybridized carbons (Fsp3) is 0.190. The number of nitrogens with one attached hydrogen (secondary N) is 2. The van der Waals surface area contributed by atoms with Gasteiger partial charge in [0, 0.05) is 5.56 Å². The molecule has 12 heteroatoms. The molecular formula is C21H17F3N4O5.